The van der Waals surface area contributed by atoms with Gasteiger partial charge in [0.2, 0.25) is 0 Å². The average Bonchev–Trinajstić information content (AvgIpc) is 2.36. The van der Waals surface area contributed by atoms with E-state index in [0.29, 0.717) is 12.5 Å². The highest BCUT2D eigenvalue weighted by Crippen LogP contribution is 2.34. The van der Waals surface area contributed by atoms with Gasteiger partial charge in [-0.3, -0.25) is 0 Å². The van der Waals surface area contributed by atoms with Gasteiger partial charge in [-0.05, 0) is 63.5 Å². The fraction of sp³-hybridized carbons (Fsp3) is 0.647. The Balaban J connectivity index is 1.93. The molecule has 2 heteroatoms. The van der Waals surface area contributed by atoms with Crippen LogP contribution in [0.1, 0.15) is 57.1 Å². The fourth-order valence-electron chi connectivity index (χ4n) is 2.94. The van der Waals surface area contributed by atoms with E-state index in [0.717, 1.165) is 6.42 Å². The number of benzene rings is 1. The van der Waals surface area contributed by atoms with Gasteiger partial charge in [-0.1, -0.05) is 24.3 Å². The molecule has 2 N–H and O–H groups in total. The normalized spacial score (nSPS) is 20.9. The van der Waals surface area contributed by atoms with Crippen molar-refractivity contribution in [2.45, 2.75) is 64.0 Å². The molecule has 19 heavy (non-hydrogen) atoms. The molecule has 1 aromatic carbocycles. The molecular formula is C17H27NO. The largest absolute Gasteiger partial charge is 0.392 e. The van der Waals surface area contributed by atoms with E-state index in [4.69, 9.17) is 0 Å². The molecule has 1 aliphatic carbocycles. The predicted molar refractivity (Wildman–Crippen MR) is 80.5 cm³/mol. The lowest BCUT2D eigenvalue weighted by Crippen LogP contribution is -2.41. The Kier molecular flexibility index (Phi) is 4.64. The van der Waals surface area contributed by atoms with E-state index in [1.807, 2.05) is 0 Å². The number of aryl methyl sites for hydroxylation is 1. The monoisotopic (exact) mass is 261 g/mol. The molecule has 0 spiro atoms. The summed E-state index contributed by atoms with van der Waals surface area (Å²) in [7, 11) is 0. The Labute approximate surface area is 117 Å². The predicted octanol–water partition coefficient (Wildman–Crippen LogP) is 3.25. The van der Waals surface area contributed by atoms with Gasteiger partial charge in [0.05, 0.1) is 6.10 Å². The molecule has 0 fully saturated rings. The second kappa shape index (κ2) is 6.06. The summed E-state index contributed by atoms with van der Waals surface area (Å²) in [5.41, 5.74) is 3.02. The average molecular weight is 261 g/mol. The molecule has 0 saturated heterocycles. The van der Waals surface area contributed by atoms with Crippen LogP contribution in [0.4, 0.5) is 0 Å². The third-order valence-electron chi connectivity index (χ3n) is 3.92. The zero-order valence-electron chi connectivity index (χ0n) is 12.4. The van der Waals surface area contributed by atoms with Gasteiger partial charge in [0.15, 0.2) is 0 Å². The van der Waals surface area contributed by atoms with Gasteiger partial charge in [0.1, 0.15) is 0 Å². The maximum absolute atomic E-state index is 10.2. The molecule has 0 radical (unpaired) electrons. The maximum atomic E-state index is 10.2. The summed E-state index contributed by atoms with van der Waals surface area (Å²) in [6.45, 7) is 7.09. The van der Waals surface area contributed by atoms with E-state index in [9.17, 15) is 5.11 Å². The van der Waals surface area contributed by atoms with E-state index >= 15 is 0 Å². The SMILES string of the molecule is CC(C)(C)NCC(O)CC1CCCc2ccccc21. The molecule has 1 aromatic rings. The number of hydrogen-bond donors (Lipinski definition) is 2. The third-order valence-corrected chi connectivity index (χ3v) is 3.92. The van der Waals surface area contributed by atoms with Crippen molar-refractivity contribution in [2.75, 3.05) is 6.54 Å². The van der Waals surface area contributed by atoms with E-state index in [1.54, 1.807) is 0 Å². The van der Waals surface area contributed by atoms with Crippen molar-refractivity contribution < 1.29 is 5.11 Å². The molecule has 1 aliphatic rings. The number of β-amino-alcohol motifs (C(OH)–C–C–N with tert-alkyl or cyclic N) is 1. The Morgan fingerprint density at radius 2 is 2.05 bits per heavy atom. The van der Waals surface area contributed by atoms with Crippen molar-refractivity contribution in [1.82, 2.24) is 5.32 Å². The second-order valence-corrected chi connectivity index (χ2v) is 6.81. The molecule has 0 amide bonds. The van der Waals surface area contributed by atoms with Crippen molar-refractivity contribution in [1.29, 1.82) is 0 Å². The maximum Gasteiger partial charge on any atom is 0.0670 e. The lowest BCUT2D eigenvalue weighted by molar-refractivity contribution is 0.140. The Morgan fingerprint density at radius 3 is 2.79 bits per heavy atom. The van der Waals surface area contributed by atoms with Crippen LogP contribution in [0.5, 0.6) is 0 Å². The summed E-state index contributed by atoms with van der Waals surface area (Å²) in [6, 6.07) is 8.72. The molecule has 0 aromatic heterocycles. The molecule has 2 atom stereocenters. The summed E-state index contributed by atoms with van der Waals surface area (Å²) < 4.78 is 0. The van der Waals surface area contributed by atoms with E-state index in [2.05, 4.69) is 50.4 Å². The van der Waals surface area contributed by atoms with Crippen LogP contribution in [0.15, 0.2) is 24.3 Å². The van der Waals surface area contributed by atoms with Crippen LogP contribution in [0.25, 0.3) is 0 Å². The Hall–Kier alpha value is -0.860. The number of aliphatic hydroxyl groups is 1. The van der Waals surface area contributed by atoms with Crippen molar-refractivity contribution in [3.63, 3.8) is 0 Å². The molecule has 0 bridgehead atoms. The lowest BCUT2D eigenvalue weighted by Gasteiger charge is -2.29. The highest BCUT2D eigenvalue weighted by Gasteiger charge is 2.23. The number of hydrogen-bond acceptors (Lipinski definition) is 2. The topological polar surface area (TPSA) is 32.3 Å². The molecule has 106 valence electrons. The van der Waals surface area contributed by atoms with Gasteiger partial charge >= 0.3 is 0 Å². The Morgan fingerprint density at radius 1 is 1.32 bits per heavy atom. The second-order valence-electron chi connectivity index (χ2n) is 6.81. The lowest BCUT2D eigenvalue weighted by atomic mass is 9.80. The zero-order valence-corrected chi connectivity index (χ0v) is 12.4. The number of nitrogens with one attached hydrogen (secondary N) is 1. The zero-order chi connectivity index (χ0) is 13.9. The quantitative estimate of drug-likeness (QED) is 0.872. The Bertz CT molecular complexity index is 408. The first-order chi connectivity index (χ1) is 8.96. The smallest absolute Gasteiger partial charge is 0.0670 e. The highest BCUT2D eigenvalue weighted by atomic mass is 16.3. The third kappa shape index (κ3) is 4.32. The highest BCUT2D eigenvalue weighted by molar-refractivity contribution is 5.32. The molecule has 0 heterocycles. The molecule has 2 unspecified atom stereocenters. The number of fused-ring (bicyclic) bond motifs is 1. The number of aliphatic hydroxyl groups excluding tert-OH is 1. The van der Waals surface area contributed by atoms with Crippen LogP contribution in [-0.4, -0.2) is 23.3 Å². The minimum absolute atomic E-state index is 0.0749. The first-order valence-corrected chi connectivity index (χ1v) is 7.46. The summed E-state index contributed by atoms with van der Waals surface area (Å²) in [5.74, 6) is 0.529. The molecule has 2 nitrogen and oxygen atoms in total. The van der Waals surface area contributed by atoms with Crippen LogP contribution in [0, 0.1) is 0 Å². The summed E-state index contributed by atoms with van der Waals surface area (Å²) >= 11 is 0. The first-order valence-electron chi connectivity index (χ1n) is 7.46. The van der Waals surface area contributed by atoms with Crippen LogP contribution in [0.2, 0.25) is 0 Å². The minimum Gasteiger partial charge on any atom is -0.392 e. The van der Waals surface area contributed by atoms with Crippen LogP contribution < -0.4 is 5.32 Å². The van der Waals surface area contributed by atoms with Crippen molar-refractivity contribution in [3.8, 4) is 0 Å². The van der Waals surface area contributed by atoms with Gasteiger partial charge in [0, 0.05) is 12.1 Å². The van der Waals surface area contributed by atoms with Gasteiger partial charge in [0.25, 0.3) is 0 Å². The fourth-order valence-corrected chi connectivity index (χ4v) is 2.94. The molecule has 0 aliphatic heterocycles. The number of rotatable bonds is 4. The molecule has 0 saturated carbocycles. The summed E-state index contributed by atoms with van der Waals surface area (Å²) in [4.78, 5) is 0. The van der Waals surface area contributed by atoms with Gasteiger partial charge < -0.3 is 10.4 Å². The van der Waals surface area contributed by atoms with E-state index in [-0.39, 0.29) is 11.6 Å². The van der Waals surface area contributed by atoms with Gasteiger partial charge in [-0.2, -0.15) is 0 Å². The van der Waals surface area contributed by atoms with E-state index < -0.39 is 0 Å². The van der Waals surface area contributed by atoms with Crippen molar-refractivity contribution >= 4 is 0 Å². The first kappa shape index (κ1) is 14.5. The van der Waals surface area contributed by atoms with Gasteiger partial charge in [-0.25, -0.2) is 0 Å². The molecular weight excluding hydrogens is 234 g/mol. The van der Waals surface area contributed by atoms with Gasteiger partial charge in [-0.15, -0.1) is 0 Å². The minimum atomic E-state index is -0.254. The summed E-state index contributed by atoms with van der Waals surface area (Å²) in [5, 5.41) is 13.6. The van der Waals surface area contributed by atoms with Crippen LogP contribution in [0.3, 0.4) is 0 Å². The van der Waals surface area contributed by atoms with Crippen molar-refractivity contribution in [2.24, 2.45) is 0 Å². The van der Waals surface area contributed by atoms with Crippen molar-refractivity contribution in [3.05, 3.63) is 35.4 Å². The standard InChI is InChI=1S/C17H27NO/c1-17(2,3)18-12-15(19)11-14-9-6-8-13-7-4-5-10-16(13)14/h4-5,7,10,14-15,18-19H,6,8-9,11-12H2,1-3H3. The molecule has 2 rings (SSSR count). The van der Waals surface area contributed by atoms with Crippen LogP contribution >= 0.6 is 0 Å². The van der Waals surface area contributed by atoms with Crippen LogP contribution in [-0.2, 0) is 6.42 Å². The summed E-state index contributed by atoms with van der Waals surface area (Å²) in [6.07, 6.45) is 4.28. The van der Waals surface area contributed by atoms with E-state index in [1.165, 1.54) is 30.4 Å².